The third-order valence-corrected chi connectivity index (χ3v) is 1.86. The normalized spacial score (nSPS) is 25.6. The first kappa shape index (κ1) is 11.2. The predicted molar refractivity (Wildman–Crippen MR) is 52.7 cm³/mol. The minimum Gasteiger partial charge on any atom is -0.383 e. The van der Waals surface area contributed by atoms with Crippen molar-refractivity contribution < 1.29 is 14.3 Å². The highest BCUT2D eigenvalue weighted by Gasteiger charge is 2.35. The molecule has 1 saturated heterocycles. The van der Waals surface area contributed by atoms with Gasteiger partial charge in [-0.05, 0) is 19.9 Å². The molecule has 0 bridgehead atoms. The summed E-state index contributed by atoms with van der Waals surface area (Å²) in [5, 5.41) is 0. The molecule has 0 aromatic rings. The maximum Gasteiger partial charge on any atom is 0.188 e. The van der Waals surface area contributed by atoms with E-state index in [1.807, 2.05) is 14.1 Å². The number of carbonyl (C=O) groups excluding carboxylic acids is 1. The van der Waals surface area contributed by atoms with E-state index in [1.165, 1.54) is 6.08 Å². The van der Waals surface area contributed by atoms with Crippen molar-refractivity contribution >= 4 is 5.78 Å². The average molecular weight is 199 g/mol. The maximum absolute atomic E-state index is 11.5. The van der Waals surface area contributed by atoms with E-state index in [9.17, 15) is 4.79 Å². The third kappa shape index (κ3) is 3.12. The second kappa shape index (κ2) is 4.11. The fraction of sp³-hybridized carbons (Fsp3) is 0.700. The van der Waals surface area contributed by atoms with Crippen molar-refractivity contribution in [3.8, 4) is 0 Å². The summed E-state index contributed by atoms with van der Waals surface area (Å²) in [4.78, 5) is 13.3. The van der Waals surface area contributed by atoms with E-state index >= 15 is 0 Å². The van der Waals surface area contributed by atoms with Gasteiger partial charge in [-0.2, -0.15) is 0 Å². The molecule has 1 aliphatic rings. The zero-order chi connectivity index (χ0) is 10.8. The first-order chi connectivity index (χ1) is 6.41. The van der Waals surface area contributed by atoms with E-state index in [0.29, 0.717) is 6.61 Å². The molecule has 0 N–H and O–H groups in total. The molecule has 80 valence electrons. The van der Waals surface area contributed by atoms with Crippen LogP contribution < -0.4 is 0 Å². The van der Waals surface area contributed by atoms with Crippen LogP contribution in [-0.4, -0.2) is 43.3 Å². The quantitative estimate of drug-likeness (QED) is 0.630. The summed E-state index contributed by atoms with van der Waals surface area (Å²) >= 11 is 0. The molecule has 0 unspecified atom stereocenters. The van der Waals surface area contributed by atoms with Gasteiger partial charge in [0.25, 0.3) is 0 Å². The average Bonchev–Trinajstić information content (AvgIpc) is 2.41. The number of ether oxygens (including phenoxy) is 2. The topological polar surface area (TPSA) is 38.8 Å². The minimum absolute atomic E-state index is 0.0516. The lowest BCUT2D eigenvalue weighted by atomic mass is 10.2. The number of ketones is 1. The SMILES string of the molecule is CN(C)/C=C/C(=O)[C@H]1COC(C)(C)O1. The number of hydrogen-bond donors (Lipinski definition) is 0. The molecule has 4 nitrogen and oxygen atoms in total. The van der Waals surface area contributed by atoms with Crippen LogP contribution in [0.5, 0.6) is 0 Å². The van der Waals surface area contributed by atoms with Crippen LogP contribution >= 0.6 is 0 Å². The summed E-state index contributed by atoms with van der Waals surface area (Å²) in [6.45, 7) is 3.94. The van der Waals surface area contributed by atoms with Crippen molar-refractivity contribution in [3.63, 3.8) is 0 Å². The summed E-state index contributed by atoms with van der Waals surface area (Å²) in [5.41, 5.74) is 0. The van der Waals surface area contributed by atoms with E-state index in [1.54, 1.807) is 24.9 Å². The fourth-order valence-corrected chi connectivity index (χ4v) is 1.16. The van der Waals surface area contributed by atoms with Crippen molar-refractivity contribution in [1.29, 1.82) is 0 Å². The fourth-order valence-electron chi connectivity index (χ4n) is 1.16. The molecule has 1 rings (SSSR count). The van der Waals surface area contributed by atoms with Gasteiger partial charge in [-0.3, -0.25) is 4.79 Å². The van der Waals surface area contributed by atoms with Crippen LogP contribution in [0.15, 0.2) is 12.3 Å². The molecular weight excluding hydrogens is 182 g/mol. The van der Waals surface area contributed by atoms with E-state index in [0.717, 1.165) is 0 Å². The molecule has 1 atom stereocenters. The minimum atomic E-state index is -0.633. The molecule has 0 aromatic carbocycles. The lowest BCUT2D eigenvalue weighted by Gasteiger charge is -2.15. The summed E-state index contributed by atoms with van der Waals surface area (Å²) in [7, 11) is 3.72. The van der Waals surface area contributed by atoms with Gasteiger partial charge in [0.05, 0.1) is 6.61 Å². The molecule has 1 fully saturated rings. The third-order valence-electron chi connectivity index (χ3n) is 1.86. The molecule has 0 amide bonds. The monoisotopic (exact) mass is 199 g/mol. The lowest BCUT2D eigenvalue weighted by molar-refractivity contribution is -0.149. The molecule has 1 heterocycles. The Bertz CT molecular complexity index is 246. The summed E-state index contributed by atoms with van der Waals surface area (Å²) in [6, 6.07) is 0. The second-order valence-electron chi connectivity index (χ2n) is 4.00. The summed E-state index contributed by atoms with van der Waals surface area (Å²) in [6.07, 6.45) is 2.76. The Morgan fingerprint density at radius 1 is 1.50 bits per heavy atom. The van der Waals surface area contributed by atoms with Gasteiger partial charge in [-0.15, -0.1) is 0 Å². The highest BCUT2D eigenvalue weighted by molar-refractivity contribution is 5.93. The van der Waals surface area contributed by atoms with Crippen LogP contribution in [0.4, 0.5) is 0 Å². The van der Waals surface area contributed by atoms with Gasteiger partial charge in [-0.1, -0.05) is 0 Å². The van der Waals surface area contributed by atoms with Crippen molar-refractivity contribution in [3.05, 3.63) is 12.3 Å². The maximum atomic E-state index is 11.5. The Balaban J connectivity index is 2.48. The van der Waals surface area contributed by atoms with Crippen LogP contribution in [0.3, 0.4) is 0 Å². The zero-order valence-electron chi connectivity index (χ0n) is 9.11. The molecule has 0 aromatic heterocycles. The molecule has 14 heavy (non-hydrogen) atoms. The highest BCUT2D eigenvalue weighted by atomic mass is 16.7. The molecule has 0 spiro atoms. The standard InChI is InChI=1S/C10H17NO3/c1-10(2)13-7-9(14-10)8(12)5-6-11(3)4/h5-6,9H,7H2,1-4H3/b6-5+/t9-/m1/s1. The number of rotatable bonds is 3. The molecule has 0 aliphatic carbocycles. The highest BCUT2D eigenvalue weighted by Crippen LogP contribution is 2.22. The largest absolute Gasteiger partial charge is 0.383 e. The molecule has 1 aliphatic heterocycles. The summed E-state index contributed by atoms with van der Waals surface area (Å²) in [5.74, 6) is -0.684. The number of nitrogens with zero attached hydrogens (tertiary/aromatic N) is 1. The van der Waals surface area contributed by atoms with Crippen molar-refractivity contribution in [2.75, 3.05) is 20.7 Å². The van der Waals surface area contributed by atoms with Crippen LogP contribution in [0.25, 0.3) is 0 Å². The first-order valence-electron chi connectivity index (χ1n) is 4.61. The van der Waals surface area contributed by atoms with E-state index < -0.39 is 11.9 Å². The van der Waals surface area contributed by atoms with Gasteiger partial charge in [0.15, 0.2) is 11.6 Å². The van der Waals surface area contributed by atoms with Crippen LogP contribution in [0, 0.1) is 0 Å². The Morgan fingerprint density at radius 2 is 2.14 bits per heavy atom. The Morgan fingerprint density at radius 3 is 2.57 bits per heavy atom. The van der Waals surface area contributed by atoms with Crippen molar-refractivity contribution in [2.45, 2.75) is 25.7 Å². The smallest absolute Gasteiger partial charge is 0.188 e. The van der Waals surface area contributed by atoms with E-state index in [4.69, 9.17) is 9.47 Å². The molecular formula is C10H17NO3. The number of carbonyl (C=O) groups is 1. The molecule has 0 radical (unpaired) electrons. The van der Waals surface area contributed by atoms with E-state index in [-0.39, 0.29) is 5.78 Å². The number of hydrogen-bond acceptors (Lipinski definition) is 4. The second-order valence-corrected chi connectivity index (χ2v) is 4.00. The van der Waals surface area contributed by atoms with Crippen molar-refractivity contribution in [2.24, 2.45) is 0 Å². The van der Waals surface area contributed by atoms with Gasteiger partial charge < -0.3 is 14.4 Å². The van der Waals surface area contributed by atoms with Gasteiger partial charge in [-0.25, -0.2) is 0 Å². The van der Waals surface area contributed by atoms with Gasteiger partial charge in [0.1, 0.15) is 6.10 Å². The zero-order valence-corrected chi connectivity index (χ0v) is 9.11. The Kier molecular flexibility index (Phi) is 3.29. The molecule has 0 saturated carbocycles. The Labute approximate surface area is 84.5 Å². The lowest BCUT2D eigenvalue weighted by Crippen LogP contribution is -2.25. The Hall–Kier alpha value is -0.870. The van der Waals surface area contributed by atoms with Crippen LogP contribution in [-0.2, 0) is 14.3 Å². The first-order valence-corrected chi connectivity index (χ1v) is 4.61. The van der Waals surface area contributed by atoms with E-state index in [2.05, 4.69) is 0 Å². The van der Waals surface area contributed by atoms with Crippen LogP contribution in [0.1, 0.15) is 13.8 Å². The summed E-state index contributed by atoms with van der Waals surface area (Å²) < 4.78 is 10.7. The van der Waals surface area contributed by atoms with Gasteiger partial charge in [0.2, 0.25) is 0 Å². The molecule has 4 heteroatoms. The predicted octanol–water partition coefficient (Wildman–Crippen LogP) is 0.782. The van der Waals surface area contributed by atoms with Gasteiger partial charge >= 0.3 is 0 Å². The van der Waals surface area contributed by atoms with Crippen molar-refractivity contribution in [1.82, 2.24) is 4.90 Å². The van der Waals surface area contributed by atoms with Gasteiger partial charge in [0, 0.05) is 20.3 Å². The van der Waals surface area contributed by atoms with Crippen LogP contribution in [0.2, 0.25) is 0 Å².